The Bertz CT molecular complexity index is 917. The highest BCUT2D eigenvalue weighted by Crippen LogP contribution is 2.26. The molecule has 3 aromatic rings. The van der Waals surface area contributed by atoms with Gasteiger partial charge in [0.25, 0.3) is 0 Å². The van der Waals surface area contributed by atoms with Gasteiger partial charge in [-0.1, -0.05) is 12.1 Å². The van der Waals surface area contributed by atoms with Crippen molar-refractivity contribution in [1.82, 2.24) is 0 Å². The molecule has 0 aliphatic heterocycles. The van der Waals surface area contributed by atoms with E-state index >= 15 is 0 Å². The predicted molar refractivity (Wildman–Crippen MR) is 86.2 cm³/mol. The predicted octanol–water partition coefficient (Wildman–Crippen LogP) is 3.37. The van der Waals surface area contributed by atoms with Gasteiger partial charge in [-0.25, -0.2) is 0 Å². The van der Waals surface area contributed by atoms with E-state index < -0.39 is 5.60 Å². The molecule has 3 nitrogen and oxygen atoms in total. The third kappa shape index (κ3) is 2.37. The number of ketones is 1. The normalized spacial score (nSPS) is 12.0. The second kappa shape index (κ2) is 4.76. The summed E-state index contributed by atoms with van der Waals surface area (Å²) < 4.78 is 1.77. The zero-order valence-corrected chi connectivity index (χ0v) is 12.5. The van der Waals surface area contributed by atoms with E-state index in [0.29, 0.717) is 16.3 Å². The summed E-state index contributed by atoms with van der Waals surface area (Å²) in [5, 5.41) is 11.0. The van der Waals surface area contributed by atoms with Crippen LogP contribution in [0.4, 0.5) is 0 Å². The van der Waals surface area contributed by atoms with Gasteiger partial charge in [0.2, 0.25) is 0 Å². The molecule has 106 valence electrons. The Morgan fingerprint density at radius 2 is 1.71 bits per heavy atom. The van der Waals surface area contributed by atoms with Crippen LogP contribution in [0.2, 0.25) is 0 Å². The lowest BCUT2D eigenvalue weighted by Gasteiger charge is -2.15. The van der Waals surface area contributed by atoms with Gasteiger partial charge in [-0.05, 0) is 44.2 Å². The summed E-state index contributed by atoms with van der Waals surface area (Å²) in [5.41, 5.74) is -1.17. The van der Waals surface area contributed by atoms with Gasteiger partial charge in [0, 0.05) is 25.7 Å². The van der Waals surface area contributed by atoms with Gasteiger partial charge in [0.15, 0.2) is 11.2 Å². The molecule has 0 aliphatic carbocycles. The maximum atomic E-state index is 12.5. The standard InChI is InChI=1S/C17H14O3S/c1-17(2,20)16(19)10-7-8-14-12(9-10)15(18)11-5-3-4-6-13(11)21-14/h3-9,20H,1-2H3. The molecule has 0 bridgehead atoms. The van der Waals surface area contributed by atoms with Gasteiger partial charge < -0.3 is 5.11 Å². The van der Waals surface area contributed by atoms with Crippen molar-refractivity contribution >= 4 is 37.3 Å². The zero-order valence-electron chi connectivity index (χ0n) is 11.7. The summed E-state index contributed by atoms with van der Waals surface area (Å²) in [4.78, 5) is 24.7. The number of hydrogen-bond acceptors (Lipinski definition) is 4. The van der Waals surface area contributed by atoms with Crippen molar-refractivity contribution in [3.63, 3.8) is 0 Å². The number of carbonyl (C=O) groups excluding carboxylic acids is 1. The van der Waals surface area contributed by atoms with Gasteiger partial charge in [-0.3, -0.25) is 9.59 Å². The summed E-state index contributed by atoms with van der Waals surface area (Å²) in [6.07, 6.45) is 0. The summed E-state index contributed by atoms with van der Waals surface area (Å²) in [6.45, 7) is 2.89. The molecule has 1 N–H and O–H groups in total. The number of Topliss-reactive ketones (excluding diaryl/α,β-unsaturated/α-hetero) is 1. The van der Waals surface area contributed by atoms with Gasteiger partial charge in [-0.15, -0.1) is 11.3 Å². The van der Waals surface area contributed by atoms with E-state index in [2.05, 4.69) is 0 Å². The Balaban J connectivity index is 2.32. The number of benzene rings is 2. The van der Waals surface area contributed by atoms with Crippen LogP contribution in [0.3, 0.4) is 0 Å². The lowest BCUT2D eigenvalue weighted by atomic mass is 9.96. The van der Waals surface area contributed by atoms with Crippen molar-refractivity contribution in [2.24, 2.45) is 0 Å². The van der Waals surface area contributed by atoms with E-state index in [0.717, 1.165) is 9.40 Å². The first-order valence-corrected chi connectivity index (χ1v) is 7.42. The lowest BCUT2D eigenvalue weighted by Crippen LogP contribution is -2.31. The summed E-state index contributed by atoms with van der Waals surface area (Å²) in [7, 11) is 0. The molecule has 0 radical (unpaired) electrons. The number of aliphatic hydroxyl groups is 1. The molecule has 4 heteroatoms. The zero-order chi connectivity index (χ0) is 15.2. The molecule has 0 amide bonds. The molecule has 1 heterocycles. The van der Waals surface area contributed by atoms with Crippen molar-refractivity contribution in [3.05, 3.63) is 58.3 Å². The lowest BCUT2D eigenvalue weighted by molar-refractivity contribution is 0.0488. The fraction of sp³-hybridized carbons (Fsp3) is 0.176. The quantitative estimate of drug-likeness (QED) is 0.583. The van der Waals surface area contributed by atoms with E-state index in [-0.39, 0.29) is 11.2 Å². The molecule has 0 saturated carbocycles. The molecule has 21 heavy (non-hydrogen) atoms. The Hall–Kier alpha value is -2.04. The molecule has 0 saturated heterocycles. The molecular weight excluding hydrogens is 284 g/mol. The average molecular weight is 298 g/mol. The minimum Gasteiger partial charge on any atom is -0.382 e. The van der Waals surface area contributed by atoms with Crippen molar-refractivity contribution in [3.8, 4) is 0 Å². The molecule has 0 unspecified atom stereocenters. The fourth-order valence-electron chi connectivity index (χ4n) is 2.30. The highest BCUT2D eigenvalue weighted by atomic mass is 32.1. The number of fused-ring (bicyclic) bond motifs is 2. The summed E-state index contributed by atoms with van der Waals surface area (Å²) in [6, 6.07) is 12.4. The Labute approximate surface area is 125 Å². The topological polar surface area (TPSA) is 54.4 Å². The highest BCUT2D eigenvalue weighted by molar-refractivity contribution is 7.24. The van der Waals surface area contributed by atoms with Crippen LogP contribution in [-0.2, 0) is 0 Å². The largest absolute Gasteiger partial charge is 0.382 e. The number of hydrogen-bond donors (Lipinski definition) is 1. The van der Waals surface area contributed by atoms with Crippen LogP contribution in [0.25, 0.3) is 20.2 Å². The monoisotopic (exact) mass is 298 g/mol. The van der Waals surface area contributed by atoms with Gasteiger partial charge in [0.1, 0.15) is 5.60 Å². The van der Waals surface area contributed by atoms with E-state index in [1.54, 1.807) is 24.3 Å². The SMILES string of the molecule is CC(C)(O)C(=O)c1ccc2sc3ccccc3c(=O)c2c1. The average Bonchev–Trinajstić information content (AvgIpc) is 2.45. The van der Waals surface area contributed by atoms with Crippen molar-refractivity contribution < 1.29 is 9.90 Å². The molecule has 3 rings (SSSR count). The molecule has 0 atom stereocenters. The van der Waals surface area contributed by atoms with E-state index in [4.69, 9.17) is 0 Å². The van der Waals surface area contributed by atoms with Crippen molar-refractivity contribution in [2.45, 2.75) is 19.4 Å². The molecule has 2 aromatic carbocycles. The Kier molecular flexibility index (Phi) is 3.15. The van der Waals surface area contributed by atoms with Crippen LogP contribution in [0, 0.1) is 0 Å². The summed E-state index contributed by atoms with van der Waals surface area (Å²) >= 11 is 1.52. The van der Waals surface area contributed by atoms with Gasteiger partial charge >= 0.3 is 0 Å². The molecule has 1 aromatic heterocycles. The maximum absolute atomic E-state index is 12.5. The maximum Gasteiger partial charge on any atom is 0.195 e. The van der Waals surface area contributed by atoms with Crippen LogP contribution < -0.4 is 5.43 Å². The summed E-state index contributed by atoms with van der Waals surface area (Å²) in [5.74, 6) is -0.387. The highest BCUT2D eigenvalue weighted by Gasteiger charge is 2.25. The van der Waals surface area contributed by atoms with Crippen LogP contribution in [0.1, 0.15) is 24.2 Å². The minimum atomic E-state index is -1.45. The second-order valence-corrected chi connectivity index (χ2v) is 6.61. The smallest absolute Gasteiger partial charge is 0.195 e. The van der Waals surface area contributed by atoms with E-state index in [1.807, 2.05) is 18.2 Å². The van der Waals surface area contributed by atoms with Crippen molar-refractivity contribution in [2.75, 3.05) is 0 Å². The van der Waals surface area contributed by atoms with Crippen molar-refractivity contribution in [1.29, 1.82) is 0 Å². The molecule has 0 fully saturated rings. The number of rotatable bonds is 2. The first kappa shape index (κ1) is 13.9. The first-order valence-electron chi connectivity index (χ1n) is 6.61. The minimum absolute atomic E-state index is 0.0789. The van der Waals surface area contributed by atoms with E-state index in [9.17, 15) is 14.7 Å². The third-order valence-corrected chi connectivity index (χ3v) is 4.55. The van der Waals surface area contributed by atoms with Crippen LogP contribution in [-0.4, -0.2) is 16.5 Å². The fourth-order valence-corrected chi connectivity index (χ4v) is 3.35. The Morgan fingerprint density at radius 1 is 1.05 bits per heavy atom. The Morgan fingerprint density at radius 3 is 2.43 bits per heavy atom. The van der Waals surface area contributed by atoms with Crippen LogP contribution in [0.5, 0.6) is 0 Å². The van der Waals surface area contributed by atoms with Gasteiger partial charge in [0.05, 0.1) is 0 Å². The number of carbonyl (C=O) groups is 1. The van der Waals surface area contributed by atoms with Gasteiger partial charge in [-0.2, -0.15) is 0 Å². The molecule has 0 aliphatic rings. The molecular formula is C17H14O3S. The molecule has 0 spiro atoms. The second-order valence-electron chi connectivity index (χ2n) is 5.53. The van der Waals surface area contributed by atoms with Crippen LogP contribution in [0.15, 0.2) is 47.3 Å². The van der Waals surface area contributed by atoms with Crippen LogP contribution >= 0.6 is 11.3 Å². The third-order valence-electron chi connectivity index (χ3n) is 3.39. The first-order chi connectivity index (χ1) is 9.88. The van der Waals surface area contributed by atoms with E-state index in [1.165, 1.54) is 25.2 Å².